The van der Waals surface area contributed by atoms with Crippen LogP contribution in [0.5, 0.6) is 0 Å². The first-order valence-corrected chi connectivity index (χ1v) is 6.57. The number of rotatable bonds is 4. The third kappa shape index (κ3) is 6.19. The molecule has 0 aliphatic carbocycles. The van der Waals surface area contributed by atoms with Crippen LogP contribution in [0.2, 0.25) is 0 Å². The number of hydrogen-bond acceptors (Lipinski definition) is 4. The number of carbonyl (C=O) groups is 3. The number of esters is 1. The highest BCUT2D eigenvalue weighted by molar-refractivity contribution is 9.10. The highest BCUT2D eigenvalue weighted by Crippen LogP contribution is 2.13. The highest BCUT2D eigenvalue weighted by atomic mass is 79.9. The van der Waals surface area contributed by atoms with E-state index in [9.17, 15) is 14.4 Å². The number of ether oxygens (including phenoxy) is 1. The first kappa shape index (κ1) is 16.0. The molecule has 7 nitrogen and oxygen atoms in total. The number of hydrogen-bond donors (Lipinski definition) is 3. The van der Waals surface area contributed by atoms with Crippen molar-refractivity contribution in [3.05, 3.63) is 28.7 Å². The van der Waals surface area contributed by atoms with Crippen molar-refractivity contribution in [3.8, 4) is 0 Å². The molecule has 1 aromatic carbocycles. The molecular formula is C12H14BrN3O4. The largest absolute Gasteiger partial charge is 0.466 e. The molecule has 0 atom stereocenters. The van der Waals surface area contributed by atoms with E-state index in [1.807, 2.05) is 0 Å². The van der Waals surface area contributed by atoms with Crippen LogP contribution in [0.1, 0.15) is 13.3 Å². The van der Waals surface area contributed by atoms with Gasteiger partial charge in [-0.2, -0.15) is 0 Å². The Balaban J connectivity index is 2.31. The van der Waals surface area contributed by atoms with E-state index in [1.54, 1.807) is 31.2 Å². The minimum atomic E-state index is -0.658. The summed E-state index contributed by atoms with van der Waals surface area (Å²) in [7, 11) is 0. The van der Waals surface area contributed by atoms with E-state index in [0.717, 1.165) is 4.47 Å². The van der Waals surface area contributed by atoms with Gasteiger partial charge in [0.25, 0.3) is 0 Å². The molecular weight excluding hydrogens is 330 g/mol. The summed E-state index contributed by atoms with van der Waals surface area (Å²) < 4.78 is 5.47. The van der Waals surface area contributed by atoms with Crippen molar-refractivity contribution >= 4 is 39.5 Å². The van der Waals surface area contributed by atoms with Crippen molar-refractivity contribution < 1.29 is 19.1 Å². The number of benzene rings is 1. The maximum absolute atomic E-state index is 11.4. The predicted molar refractivity (Wildman–Crippen MR) is 75.7 cm³/mol. The van der Waals surface area contributed by atoms with E-state index in [4.69, 9.17) is 0 Å². The molecule has 1 aromatic rings. The zero-order valence-electron chi connectivity index (χ0n) is 10.7. The highest BCUT2D eigenvalue weighted by Gasteiger charge is 2.10. The van der Waals surface area contributed by atoms with Crippen LogP contribution in [0.25, 0.3) is 0 Å². The van der Waals surface area contributed by atoms with Crippen molar-refractivity contribution in [2.75, 3.05) is 11.9 Å². The van der Waals surface area contributed by atoms with Gasteiger partial charge < -0.3 is 10.1 Å². The van der Waals surface area contributed by atoms with E-state index in [-0.39, 0.29) is 6.61 Å². The van der Waals surface area contributed by atoms with Crippen LogP contribution < -0.4 is 16.2 Å². The average molecular weight is 344 g/mol. The summed E-state index contributed by atoms with van der Waals surface area (Å²) in [6.45, 7) is 1.84. The van der Waals surface area contributed by atoms with E-state index in [2.05, 4.69) is 36.8 Å². The van der Waals surface area contributed by atoms with Gasteiger partial charge in [-0.05, 0) is 31.2 Å². The molecule has 108 valence electrons. The molecule has 1 rings (SSSR count). The second kappa shape index (κ2) is 8.16. The molecule has 20 heavy (non-hydrogen) atoms. The monoisotopic (exact) mass is 343 g/mol. The molecule has 0 radical (unpaired) electrons. The molecule has 3 amide bonds. The number of halogens is 1. The van der Waals surface area contributed by atoms with Gasteiger partial charge in [0.05, 0.1) is 6.61 Å². The topological polar surface area (TPSA) is 96.5 Å². The lowest BCUT2D eigenvalue weighted by Gasteiger charge is -2.08. The Labute approximate surface area is 124 Å². The number of carbonyl (C=O) groups excluding carboxylic acids is 3. The van der Waals surface area contributed by atoms with Gasteiger partial charge in [-0.3, -0.25) is 15.0 Å². The standard InChI is InChI=1S/C12H14BrN3O4/c1-2-20-11(18)7-10(17)15-16-12(19)14-9-5-3-8(13)4-6-9/h3-6H,2,7H2,1H3,(H,15,17)(H2,14,16,19). The van der Waals surface area contributed by atoms with Gasteiger partial charge in [0.2, 0.25) is 5.91 Å². The fraction of sp³-hybridized carbons (Fsp3) is 0.250. The van der Waals surface area contributed by atoms with Gasteiger partial charge in [-0.15, -0.1) is 0 Å². The molecule has 0 unspecified atom stereocenters. The minimum absolute atomic E-state index is 0.198. The van der Waals surface area contributed by atoms with Gasteiger partial charge in [0, 0.05) is 10.2 Å². The first-order chi connectivity index (χ1) is 9.51. The van der Waals surface area contributed by atoms with Crippen molar-refractivity contribution in [2.24, 2.45) is 0 Å². The van der Waals surface area contributed by atoms with Crippen LogP contribution in [-0.2, 0) is 14.3 Å². The molecule has 0 heterocycles. The number of urea groups is 1. The Morgan fingerprint density at radius 2 is 1.80 bits per heavy atom. The Kier molecular flexibility index (Phi) is 6.51. The quantitative estimate of drug-likeness (QED) is 0.439. The van der Waals surface area contributed by atoms with E-state index >= 15 is 0 Å². The number of anilines is 1. The van der Waals surface area contributed by atoms with Crippen LogP contribution in [0, 0.1) is 0 Å². The lowest BCUT2D eigenvalue weighted by Crippen LogP contribution is -2.44. The number of nitrogens with one attached hydrogen (secondary N) is 3. The zero-order valence-corrected chi connectivity index (χ0v) is 12.3. The SMILES string of the molecule is CCOC(=O)CC(=O)NNC(=O)Nc1ccc(Br)cc1. The molecule has 0 aliphatic rings. The summed E-state index contributed by atoms with van der Waals surface area (Å²) in [5.74, 6) is -1.31. The Morgan fingerprint density at radius 3 is 2.40 bits per heavy atom. The summed E-state index contributed by atoms with van der Waals surface area (Å²) in [6, 6.07) is 6.27. The van der Waals surface area contributed by atoms with Gasteiger partial charge >= 0.3 is 12.0 Å². The maximum Gasteiger partial charge on any atom is 0.337 e. The second-order valence-electron chi connectivity index (χ2n) is 3.62. The average Bonchev–Trinajstić information content (AvgIpc) is 2.39. The van der Waals surface area contributed by atoms with Crippen LogP contribution in [0.3, 0.4) is 0 Å². The second-order valence-corrected chi connectivity index (χ2v) is 4.53. The predicted octanol–water partition coefficient (Wildman–Crippen LogP) is 1.55. The summed E-state index contributed by atoms with van der Waals surface area (Å²) in [4.78, 5) is 33.7. The Bertz CT molecular complexity index is 490. The Morgan fingerprint density at radius 1 is 1.15 bits per heavy atom. The minimum Gasteiger partial charge on any atom is -0.466 e. The summed E-state index contributed by atoms with van der Waals surface area (Å²) in [5, 5.41) is 2.50. The molecule has 0 aromatic heterocycles. The lowest BCUT2D eigenvalue weighted by atomic mass is 10.3. The fourth-order valence-electron chi connectivity index (χ4n) is 1.21. The van der Waals surface area contributed by atoms with Crippen molar-refractivity contribution in [1.82, 2.24) is 10.9 Å². The summed E-state index contributed by atoms with van der Waals surface area (Å²) in [6.07, 6.45) is -0.452. The van der Waals surface area contributed by atoms with Crippen molar-refractivity contribution in [3.63, 3.8) is 0 Å². The van der Waals surface area contributed by atoms with Gasteiger partial charge in [-0.25, -0.2) is 10.2 Å². The molecule has 0 fully saturated rings. The maximum atomic E-state index is 11.4. The first-order valence-electron chi connectivity index (χ1n) is 5.78. The molecule has 8 heteroatoms. The summed E-state index contributed by atoms with van der Waals surface area (Å²) in [5.41, 5.74) is 4.78. The number of amides is 3. The molecule has 0 aliphatic heterocycles. The fourth-order valence-corrected chi connectivity index (χ4v) is 1.47. The molecule has 0 spiro atoms. The lowest BCUT2D eigenvalue weighted by molar-refractivity contribution is -0.146. The molecule has 0 bridgehead atoms. The van der Waals surface area contributed by atoms with E-state index in [0.29, 0.717) is 5.69 Å². The van der Waals surface area contributed by atoms with Crippen LogP contribution in [-0.4, -0.2) is 24.5 Å². The molecule has 0 saturated carbocycles. The van der Waals surface area contributed by atoms with Crippen LogP contribution in [0.15, 0.2) is 28.7 Å². The van der Waals surface area contributed by atoms with Gasteiger partial charge in [0.15, 0.2) is 0 Å². The number of hydrazine groups is 1. The smallest absolute Gasteiger partial charge is 0.337 e. The molecule has 0 saturated heterocycles. The van der Waals surface area contributed by atoms with Crippen molar-refractivity contribution in [2.45, 2.75) is 13.3 Å². The van der Waals surface area contributed by atoms with E-state index in [1.165, 1.54) is 0 Å². The summed E-state index contributed by atoms with van der Waals surface area (Å²) >= 11 is 3.27. The van der Waals surface area contributed by atoms with Gasteiger partial charge in [-0.1, -0.05) is 15.9 Å². The van der Waals surface area contributed by atoms with Gasteiger partial charge in [0.1, 0.15) is 6.42 Å². The molecule has 3 N–H and O–H groups in total. The zero-order chi connectivity index (χ0) is 15.0. The van der Waals surface area contributed by atoms with Crippen molar-refractivity contribution in [1.29, 1.82) is 0 Å². The van der Waals surface area contributed by atoms with E-state index < -0.39 is 24.3 Å². The third-order valence-corrected chi connectivity index (χ3v) is 2.56. The van der Waals surface area contributed by atoms with Crippen LogP contribution >= 0.6 is 15.9 Å². The Hall–Kier alpha value is -2.09. The third-order valence-electron chi connectivity index (χ3n) is 2.03. The normalized spacial score (nSPS) is 9.50. The van der Waals surface area contributed by atoms with Crippen LogP contribution in [0.4, 0.5) is 10.5 Å².